The molecule has 1 saturated heterocycles. The first-order chi connectivity index (χ1) is 8.16. The lowest BCUT2D eigenvalue weighted by atomic mass is 10.2. The Morgan fingerprint density at radius 1 is 1.59 bits per heavy atom. The number of rotatable bonds is 4. The summed E-state index contributed by atoms with van der Waals surface area (Å²) in [6.45, 7) is 1.43. The van der Waals surface area contributed by atoms with Crippen molar-refractivity contribution < 1.29 is 9.47 Å². The van der Waals surface area contributed by atoms with Crippen molar-refractivity contribution in [2.75, 3.05) is 13.2 Å². The number of ether oxygens (including phenoxy) is 2. The molecule has 1 unspecified atom stereocenters. The maximum Gasteiger partial charge on any atom is 0.133 e. The van der Waals surface area contributed by atoms with Gasteiger partial charge in [-0.05, 0) is 47.0 Å². The topological polar surface area (TPSA) is 44.5 Å². The van der Waals surface area contributed by atoms with Gasteiger partial charge in [0.15, 0.2) is 0 Å². The van der Waals surface area contributed by atoms with Crippen LogP contribution in [0.2, 0.25) is 0 Å². The van der Waals surface area contributed by atoms with E-state index < -0.39 is 0 Å². The molecule has 1 aromatic carbocycles. The van der Waals surface area contributed by atoms with Crippen molar-refractivity contribution in [1.29, 1.82) is 0 Å². The summed E-state index contributed by atoms with van der Waals surface area (Å²) in [6.07, 6.45) is 2.41. The molecule has 0 spiro atoms. The maximum atomic E-state index is 5.70. The van der Waals surface area contributed by atoms with Gasteiger partial charge in [0.1, 0.15) is 17.3 Å². The minimum Gasteiger partial charge on any atom is -0.490 e. The molecule has 17 heavy (non-hydrogen) atoms. The van der Waals surface area contributed by atoms with E-state index in [1.54, 1.807) is 0 Å². The molecule has 1 heterocycles. The Morgan fingerprint density at radius 3 is 3.00 bits per heavy atom. The smallest absolute Gasteiger partial charge is 0.133 e. The molecule has 0 radical (unpaired) electrons. The molecular formula is C12H14BrNO2S. The van der Waals surface area contributed by atoms with Crippen molar-refractivity contribution in [1.82, 2.24) is 0 Å². The summed E-state index contributed by atoms with van der Waals surface area (Å²) in [7, 11) is 0. The first kappa shape index (κ1) is 12.8. The zero-order valence-corrected chi connectivity index (χ0v) is 11.7. The second-order valence-corrected chi connectivity index (χ2v) is 5.25. The summed E-state index contributed by atoms with van der Waals surface area (Å²) < 4.78 is 12.1. The van der Waals surface area contributed by atoms with E-state index in [0.29, 0.717) is 11.6 Å². The van der Waals surface area contributed by atoms with Gasteiger partial charge in [-0.3, -0.25) is 0 Å². The van der Waals surface area contributed by atoms with E-state index in [1.807, 2.05) is 18.2 Å². The first-order valence-electron chi connectivity index (χ1n) is 5.50. The zero-order valence-electron chi connectivity index (χ0n) is 9.32. The Balaban J connectivity index is 1.98. The molecule has 1 fully saturated rings. The predicted molar refractivity (Wildman–Crippen MR) is 74.5 cm³/mol. The molecule has 0 saturated carbocycles. The maximum absolute atomic E-state index is 5.70. The van der Waals surface area contributed by atoms with Crippen LogP contribution in [0.1, 0.15) is 18.4 Å². The molecule has 5 heteroatoms. The summed E-state index contributed by atoms with van der Waals surface area (Å²) in [5.74, 6) is 0.792. The van der Waals surface area contributed by atoms with E-state index in [9.17, 15) is 0 Å². The average molecular weight is 316 g/mol. The minimum atomic E-state index is 0.220. The minimum absolute atomic E-state index is 0.220. The van der Waals surface area contributed by atoms with Gasteiger partial charge in [0.2, 0.25) is 0 Å². The van der Waals surface area contributed by atoms with Crippen molar-refractivity contribution in [3.8, 4) is 5.75 Å². The summed E-state index contributed by atoms with van der Waals surface area (Å²) in [5, 5.41) is 0. The lowest BCUT2D eigenvalue weighted by Gasteiger charge is -2.13. The molecule has 1 aromatic rings. The van der Waals surface area contributed by atoms with Crippen LogP contribution in [0, 0.1) is 0 Å². The highest BCUT2D eigenvalue weighted by Gasteiger charge is 2.16. The third kappa shape index (κ3) is 3.40. The average Bonchev–Trinajstić information content (AvgIpc) is 2.80. The van der Waals surface area contributed by atoms with Crippen LogP contribution in [-0.4, -0.2) is 24.3 Å². The van der Waals surface area contributed by atoms with Crippen LogP contribution < -0.4 is 10.5 Å². The van der Waals surface area contributed by atoms with Gasteiger partial charge in [0.25, 0.3) is 0 Å². The van der Waals surface area contributed by atoms with Crippen molar-refractivity contribution >= 4 is 33.1 Å². The largest absolute Gasteiger partial charge is 0.490 e. The summed E-state index contributed by atoms with van der Waals surface area (Å²) in [4.78, 5) is 0.386. The molecule has 1 aliphatic rings. The lowest BCUT2D eigenvalue weighted by molar-refractivity contribution is 0.0677. The number of hydrogen-bond acceptors (Lipinski definition) is 3. The summed E-state index contributed by atoms with van der Waals surface area (Å²) >= 11 is 8.36. The van der Waals surface area contributed by atoms with Crippen LogP contribution in [-0.2, 0) is 4.74 Å². The Bertz CT molecular complexity index is 419. The van der Waals surface area contributed by atoms with Gasteiger partial charge in [-0.15, -0.1) is 0 Å². The van der Waals surface area contributed by atoms with Gasteiger partial charge in [-0.2, -0.15) is 0 Å². The van der Waals surface area contributed by atoms with E-state index in [1.165, 1.54) is 0 Å². The normalized spacial score (nSPS) is 19.2. The number of thiocarbonyl (C=S) groups is 1. The Morgan fingerprint density at radius 2 is 2.41 bits per heavy atom. The van der Waals surface area contributed by atoms with E-state index in [-0.39, 0.29) is 6.10 Å². The SMILES string of the molecule is NC(=S)c1ccc(OCC2CCCO2)c(Br)c1. The fourth-order valence-corrected chi connectivity index (χ4v) is 2.35. The van der Waals surface area contributed by atoms with Crippen LogP contribution in [0.15, 0.2) is 22.7 Å². The molecule has 2 N–H and O–H groups in total. The molecule has 0 bridgehead atoms. The molecule has 0 aliphatic carbocycles. The van der Waals surface area contributed by atoms with Gasteiger partial charge in [0, 0.05) is 12.2 Å². The molecule has 0 amide bonds. The molecule has 1 aliphatic heterocycles. The highest BCUT2D eigenvalue weighted by Crippen LogP contribution is 2.27. The third-order valence-electron chi connectivity index (χ3n) is 2.67. The van der Waals surface area contributed by atoms with E-state index >= 15 is 0 Å². The molecule has 0 aromatic heterocycles. The number of nitrogens with two attached hydrogens (primary N) is 1. The van der Waals surface area contributed by atoms with Crippen molar-refractivity contribution in [3.63, 3.8) is 0 Å². The van der Waals surface area contributed by atoms with Crippen molar-refractivity contribution in [2.45, 2.75) is 18.9 Å². The molecular weight excluding hydrogens is 302 g/mol. The van der Waals surface area contributed by atoms with Gasteiger partial charge in [-0.25, -0.2) is 0 Å². The molecule has 2 rings (SSSR count). The predicted octanol–water partition coefficient (Wildman–Crippen LogP) is 2.64. The third-order valence-corrected chi connectivity index (χ3v) is 3.52. The van der Waals surface area contributed by atoms with Gasteiger partial charge < -0.3 is 15.2 Å². The number of hydrogen-bond donors (Lipinski definition) is 1. The van der Waals surface area contributed by atoms with Crippen LogP contribution in [0.5, 0.6) is 5.75 Å². The van der Waals surface area contributed by atoms with E-state index in [2.05, 4.69) is 15.9 Å². The van der Waals surface area contributed by atoms with E-state index in [4.69, 9.17) is 27.4 Å². The van der Waals surface area contributed by atoms with Crippen molar-refractivity contribution in [3.05, 3.63) is 28.2 Å². The highest BCUT2D eigenvalue weighted by molar-refractivity contribution is 9.10. The number of benzene rings is 1. The fourth-order valence-electron chi connectivity index (χ4n) is 1.73. The Labute approximate surface area is 114 Å². The van der Waals surface area contributed by atoms with Gasteiger partial charge in [-0.1, -0.05) is 12.2 Å². The second-order valence-electron chi connectivity index (χ2n) is 3.96. The number of halogens is 1. The quantitative estimate of drug-likeness (QED) is 0.868. The highest BCUT2D eigenvalue weighted by atomic mass is 79.9. The van der Waals surface area contributed by atoms with Gasteiger partial charge >= 0.3 is 0 Å². The van der Waals surface area contributed by atoms with Crippen molar-refractivity contribution in [2.24, 2.45) is 5.73 Å². The standard InChI is InChI=1S/C12H14BrNO2S/c13-10-6-8(12(14)17)3-4-11(10)16-7-9-2-1-5-15-9/h3-4,6,9H,1-2,5,7H2,(H2,14,17). The van der Waals surface area contributed by atoms with Crippen LogP contribution in [0.4, 0.5) is 0 Å². The fraction of sp³-hybridized carbons (Fsp3) is 0.417. The van der Waals surface area contributed by atoms with Crippen LogP contribution in [0.25, 0.3) is 0 Å². The second kappa shape index (κ2) is 5.80. The van der Waals surface area contributed by atoms with Crippen LogP contribution in [0.3, 0.4) is 0 Å². The summed E-state index contributed by atoms with van der Waals surface area (Å²) in [5.41, 5.74) is 6.39. The Hall–Kier alpha value is -0.650. The summed E-state index contributed by atoms with van der Waals surface area (Å²) in [6, 6.07) is 5.60. The van der Waals surface area contributed by atoms with E-state index in [0.717, 1.165) is 35.2 Å². The van der Waals surface area contributed by atoms with Crippen LogP contribution >= 0.6 is 28.1 Å². The monoisotopic (exact) mass is 315 g/mol. The molecule has 3 nitrogen and oxygen atoms in total. The Kier molecular flexibility index (Phi) is 4.36. The molecule has 1 atom stereocenters. The molecule has 92 valence electrons. The van der Waals surface area contributed by atoms with Gasteiger partial charge in [0.05, 0.1) is 10.6 Å². The lowest BCUT2D eigenvalue weighted by Crippen LogP contribution is -2.16. The zero-order chi connectivity index (χ0) is 12.3. The first-order valence-corrected chi connectivity index (χ1v) is 6.70.